The fourth-order valence-electron chi connectivity index (χ4n) is 3.20. The summed E-state index contributed by atoms with van der Waals surface area (Å²) in [5.41, 5.74) is 4.56. The van der Waals surface area contributed by atoms with Crippen molar-refractivity contribution < 1.29 is 33.6 Å². The fraction of sp³-hybridized carbons (Fsp3) is 0.179. The number of methoxy groups -OCH3 is 1. The van der Waals surface area contributed by atoms with Crippen molar-refractivity contribution in [2.24, 2.45) is 5.10 Å². The van der Waals surface area contributed by atoms with E-state index in [9.17, 15) is 9.59 Å². The van der Waals surface area contributed by atoms with E-state index < -0.39 is 11.9 Å². The quantitative estimate of drug-likeness (QED) is 0.197. The first-order valence-corrected chi connectivity index (χ1v) is 11.4. The molecule has 0 bridgehead atoms. The molecule has 0 aliphatic rings. The van der Waals surface area contributed by atoms with Crippen LogP contribution in [0.15, 0.2) is 78.4 Å². The van der Waals surface area contributed by atoms with E-state index in [1.54, 1.807) is 54.6 Å². The number of hydrogen-bond donors (Lipinski definition) is 2. The van der Waals surface area contributed by atoms with Crippen molar-refractivity contribution in [2.45, 2.75) is 13.5 Å². The number of carbonyl (C=O) groups excluding carboxylic acids is 1. The molecule has 0 aliphatic heterocycles. The van der Waals surface area contributed by atoms with E-state index in [2.05, 4.69) is 17.1 Å². The molecule has 0 radical (unpaired) electrons. The average molecular weight is 505 g/mol. The lowest BCUT2D eigenvalue weighted by Crippen LogP contribution is -2.17. The van der Waals surface area contributed by atoms with E-state index in [-0.39, 0.29) is 12.2 Å². The van der Waals surface area contributed by atoms with Crippen molar-refractivity contribution in [2.75, 3.05) is 20.3 Å². The summed E-state index contributed by atoms with van der Waals surface area (Å²) in [5, 5.41) is 13.0. The zero-order chi connectivity index (χ0) is 26.6. The highest BCUT2D eigenvalue weighted by Gasteiger charge is 2.12. The van der Waals surface area contributed by atoms with Gasteiger partial charge in [0.1, 0.15) is 13.2 Å². The third-order valence-electron chi connectivity index (χ3n) is 5.03. The van der Waals surface area contributed by atoms with E-state index in [0.717, 1.165) is 5.56 Å². The molecule has 9 nitrogen and oxygen atoms in total. The molecule has 3 aromatic carbocycles. The van der Waals surface area contributed by atoms with Crippen LogP contribution < -0.4 is 24.4 Å². The normalized spacial score (nSPS) is 10.5. The van der Waals surface area contributed by atoms with Crippen LogP contribution in [0.25, 0.3) is 0 Å². The molecule has 192 valence electrons. The average Bonchev–Trinajstić information content (AvgIpc) is 2.91. The van der Waals surface area contributed by atoms with Gasteiger partial charge in [0.05, 0.1) is 25.5 Å². The monoisotopic (exact) mass is 504 g/mol. The van der Waals surface area contributed by atoms with Crippen LogP contribution in [0.5, 0.6) is 23.0 Å². The number of aromatic carboxylic acids is 1. The molecule has 0 spiro atoms. The fourth-order valence-corrected chi connectivity index (χ4v) is 3.20. The third kappa shape index (κ3) is 7.60. The van der Waals surface area contributed by atoms with Crippen molar-refractivity contribution in [3.8, 4) is 23.0 Å². The number of carboxylic acids is 1. The minimum atomic E-state index is -0.982. The molecule has 1 amide bonds. The summed E-state index contributed by atoms with van der Waals surface area (Å²) < 4.78 is 22.4. The molecule has 0 aromatic heterocycles. The van der Waals surface area contributed by atoms with Crippen molar-refractivity contribution in [3.63, 3.8) is 0 Å². The molecule has 0 atom stereocenters. The number of ether oxygens (including phenoxy) is 4. The molecule has 0 unspecified atom stereocenters. The van der Waals surface area contributed by atoms with Crippen LogP contribution in [-0.2, 0) is 6.61 Å². The summed E-state index contributed by atoms with van der Waals surface area (Å²) >= 11 is 0. The van der Waals surface area contributed by atoms with Gasteiger partial charge in [-0.3, -0.25) is 4.79 Å². The second-order valence-electron chi connectivity index (χ2n) is 7.59. The zero-order valence-electron chi connectivity index (χ0n) is 20.6. The van der Waals surface area contributed by atoms with E-state index in [0.29, 0.717) is 47.3 Å². The molecular formula is C28H28N2O7. The molecule has 2 N–H and O–H groups in total. The van der Waals surface area contributed by atoms with Crippen molar-refractivity contribution >= 4 is 18.1 Å². The number of carbonyl (C=O) groups is 2. The SMILES string of the molecule is C=CCOc1ccc(C(=O)N/N=C/c2ccc(OCc3ccc(C(=O)O)cc3)c(OC)c2)cc1OCC. The number of nitrogens with zero attached hydrogens (tertiary/aromatic N) is 1. The molecule has 0 saturated heterocycles. The number of hydrogen-bond acceptors (Lipinski definition) is 7. The van der Waals surface area contributed by atoms with Crippen LogP contribution in [0, 0.1) is 0 Å². The van der Waals surface area contributed by atoms with Crippen molar-refractivity contribution in [1.29, 1.82) is 0 Å². The summed E-state index contributed by atoms with van der Waals surface area (Å²) in [6.45, 7) is 6.45. The van der Waals surface area contributed by atoms with Crippen LogP contribution in [0.2, 0.25) is 0 Å². The lowest BCUT2D eigenvalue weighted by Gasteiger charge is -2.12. The predicted molar refractivity (Wildman–Crippen MR) is 139 cm³/mol. The lowest BCUT2D eigenvalue weighted by atomic mass is 10.1. The first kappa shape index (κ1) is 26.8. The summed E-state index contributed by atoms with van der Waals surface area (Å²) in [5.74, 6) is 0.577. The van der Waals surface area contributed by atoms with Crippen LogP contribution in [0.1, 0.15) is 38.8 Å². The van der Waals surface area contributed by atoms with Gasteiger partial charge in [0.2, 0.25) is 0 Å². The first-order valence-electron chi connectivity index (χ1n) is 11.4. The minimum absolute atomic E-state index is 0.210. The van der Waals surface area contributed by atoms with Gasteiger partial charge in [0.25, 0.3) is 5.91 Å². The van der Waals surface area contributed by atoms with Gasteiger partial charge in [-0.25, -0.2) is 10.2 Å². The van der Waals surface area contributed by atoms with Crippen LogP contribution >= 0.6 is 0 Å². The van der Waals surface area contributed by atoms with Gasteiger partial charge in [0.15, 0.2) is 23.0 Å². The van der Waals surface area contributed by atoms with Crippen LogP contribution in [-0.4, -0.2) is 43.5 Å². The first-order chi connectivity index (χ1) is 17.9. The van der Waals surface area contributed by atoms with Crippen LogP contribution in [0.3, 0.4) is 0 Å². The van der Waals surface area contributed by atoms with E-state index in [4.69, 9.17) is 24.1 Å². The highest BCUT2D eigenvalue weighted by atomic mass is 16.5. The molecule has 37 heavy (non-hydrogen) atoms. The van der Waals surface area contributed by atoms with Gasteiger partial charge in [0, 0.05) is 5.56 Å². The minimum Gasteiger partial charge on any atom is -0.493 e. The Labute approximate surface area is 214 Å². The number of rotatable bonds is 13. The molecule has 0 aliphatic carbocycles. The Kier molecular flexibility index (Phi) is 9.66. The Morgan fingerprint density at radius 2 is 1.62 bits per heavy atom. The molecule has 0 saturated carbocycles. The molecule has 3 rings (SSSR count). The van der Waals surface area contributed by atoms with E-state index in [1.807, 2.05) is 6.92 Å². The molecular weight excluding hydrogens is 476 g/mol. The Hall–Kier alpha value is -4.79. The number of benzene rings is 3. The lowest BCUT2D eigenvalue weighted by molar-refractivity contribution is 0.0696. The van der Waals surface area contributed by atoms with E-state index >= 15 is 0 Å². The zero-order valence-corrected chi connectivity index (χ0v) is 20.6. The standard InChI is InChI=1S/C28H28N2O7/c1-4-14-36-24-13-11-22(16-26(24)35-5-2)27(31)30-29-17-20-8-12-23(25(15-20)34-3)37-18-19-6-9-21(10-7-19)28(32)33/h4,6-13,15-17H,1,5,14,18H2,2-3H3,(H,30,31)(H,32,33)/b29-17+. The van der Waals surface area contributed by atoms with Gasteiger partial charge in [-0.05, 0) is 66.6 Å². The number of amides is 1. The van der Waals surface area contributed by atoms with Gasteiger partial charge < -0.3 is 24.1 Å². The highest BCUT2D eigenvalue weighted by Crippen LogP contribution is 2.29. The molecule has 9 heteroatoms. The summed E-state index contributed by atoms with van der Waals surface area (Å²) in [7, 11) is 1.52. The maximum Gasteiger partial charge on any atom is 0.335 e. The Morgan fingerprint density at radius 1 is 0.919 bits per heavy atom. The highest BCUT2D eigenvalue weighted by molar-refractivity contribution is 5.95. The van der Waals surface area contributed by atoms with Gasteiger partial charge in [-0.15, -0.1) is 0 Å². The summed E-state index contributed by atoms with van der Waals surface area (Å²) in [6.07, 6.45) is 3.11. The van der Waals surface area contributed by atoms with Crippen molar-refractivity contribution in [3.05, 3.63) is 95.6 Å². The second kappa shape index (κ2) is 13.3. The molecule has 0 heterocycles. The Bertz CT molecular complexity index is 1270. The maximum absolute atomic E-state index is 12.6. The topological polar surface area (TPSA) is 116 Å². The predicted octanol–water partition coefficient (Wildman–Crippen LogP) is 4.70. The van der Waals surface area contributed by atoms with Crippen molar-refractivity contribution in [1.82, 2.24) is 5.43 Å². The summed E-state index contributed by atoms with van der Waals surface area (Å²) in [4.78, 5) is 23.5. The smallest absolute Gasteiger partial charge is 0.335 e. The van der Waals surface area contributed by atoms with Gasteiger partial charge >= 0.3 is 5.97 Å². The largest absolute Gasteiger partial charge is 0.493 e. The second-order valence-corrected chi connectivity index (χ2v) is 7.59. The summed E-state index contributed by atoms with van der Waals surface area (Å²) in [6, 6.07) is 16.5. The third-order valence-corrected chi connectivity index (χ3v) is 5.03. The van der Waals surface area contributed by atoms with E-state index in [1.165, 1.54) is 25.5 Å². The van der Waals surface area contributed by atoms with Gasteiger partial charge in [-0.2, -0.15) is 5.10 Å². The number of hydrazone groups is 1. The Morgan fingerprint density at radius 3 is 2.30 bits per heavy atom. The molecule has 3 aromatic rings. The van der Waals surface area contributed by atoms with Crippen LogP contribution in [0.4, 0.5) is 0 Å². The van der Waals surface area contributed by atoms with Gasteiger partial charge in [-0.1, -0.05) is 24.8 Å². The molecule has 0 fully saturated rings. The Balaban J connectivity index is 1.62. The number of nitrogens with one attached hydrogen (secondary N) is 1. The maximum atomic E-state index is 12.6. The number of carboxylic acid groups (broad SMARTS) is 1.